The van der Waals surface area contributed by atoms with Crippen molar-refractivity contribution >= 4 is 17.0 Å². The largest absolute Gasteiger partial charge is 0.387 e. The molecule has 2 aliphatic heterocycles. The molecule has 4 N–H and O–H groups in total. The van der Waals surface area contributed by atoms with Gasteiger partial charge in [-0.2, -0.15) is 0 Å². The molecule has 5 atom stereocenters. The van der Waals surface area contributed by atoms with Gasteiger partial charge in [0.2, 0.25) is 0 Å². The molecule has 166 valence electrons. The maximum Gasteiger partial charge on any atom is 0.167 e. The van der Waals surface area contributed by atoms with E-state index < -0.39 is 24.5 Å². The zero-order valence-electron chi connectivity index (χ0n) is 17.8. The zero-order valence-corrected chi connectivity index (χ0v) is 17.8. The monoisotopic (exact) mass is 420 g/mol. The average molecular weight is 421 g/mol. The Hall–Kier alpha value is -1.89. The van der Waals surface area contributed by atoms with Crippen LogP contribution in [0, 0.1) is 0 Å². The fraction of sp³-hybridized carbons (Fsp3) is 0.737. The van der Waals surface area contributed by atoms with Crippen molar-refractivity contribution in [2.75, 3.05) is 59.6 Å². The molecule has 2 saturated heterocycles. The van der Waals surface area contributed by atoms with Crippen LogP contribution in [0.1, 0.15) is 12.6 Å². The van der Waals surface area contributed by atoms with E-state index >= 15 is 0 Å². The molecule has 0 aliphatic carbocycles. The molecular weight excluding hydrogens is 388 g/mol. The topological polar surface area (TPSA) is 129 Å². The van der Waals surface area contributed by atoms with Crippen LogP contribution in [0.3, 0.4) is 0 Å². The van der Waals surface area contributed by atoms with Crippen molar-refractivity contribution in [2.24, 2.45) is 0 Å². The van der Waals surface area contributed by atoms with Crippen molar-refractivity contribution in [3.8, 4) is 0 Å². The van der Waals surface area contributed by atoms with Gasteiger partial charge < -0.3 is 35.4 Å². The summed E-state index contributed by atoms with van der Waals surface area (Å²) in [5.41, 5.74) is 6.76. The number of nitrogens with zero attached hydrogens (tertiary/aromatic N) is 7. The number of aliphatic hydroxyl groups is 2. The maximum absolute atomic E-state index is 10.6. The molecule has 11 heteroatoms. The van der Waals surface area contributed by atoms with Gasteiger partial charge in [0.25, 0.3) is 0 Å². The van der Waals surface area contributed by atoms with Crippen LogP contribution in [0.5, 0.6) is 0 Å². The number of ether oxygens (including phenoxy) is 1. The van der Waals surface area contributed by atoms with Gasteiger partial charge in [-0.15, -0.1) is 0 Å². The summed E-state index contributed by atoms with van der Waals surface area (Å²) >= 11 is 0. The Bertz CT molecular complexity index is 863. The first-order valence-electron chi connectivity index (χ1n) is 10.4. The second-order valence-electron chi connectivity index (χ2n) is 8.58. The third kappa shape index (κ3) is 4.13. The number of anilines is 1. The number of imidazole rings is 1. The SMILES string of the molecule is CN1CCC(N(C)CCN(C)C[C@H]2O[C@@H](n3cnc4c(N)ncnc43)[C@H](O)[C@@H]2O)C1. The summed E-state index contributed by atoms with van der Waals surface area (Å²) in [6.07, 6.45) is 0.656. The number of rotatable bonds is 7. The summed E-state index contributed by atoms with van der Waals surface area (Å²) in [6.45, 7) is 4.54. The van der Waals surface area contributed by atoms with Gasteiger partial charge in [0, 0.05) is 32.2 Å². The molecule has 0 aromatic carbocycles. The van der Waals surface area contributed by atoms with Gasteiger partial charge in [-0.25, -0.2) is 15.0 Å². The molecule has 4 heterocycles. The van der Waals surface area contributed by atoms with E-state index in [0.29, 0.717) is 23.8 Å². The molecular formula is C19H32N8O3. The molecule has 1 unspecified atom stereocenters. The first-order chi connectivity index (χ1) is 14.3. The molecule has 2 aromatic rings. The van der Waals surface area contributed by atoms with Crippen LogP contribution in [-0.2, 0) is 4.74 Å². The molecule has 0 radical (unpaired) electrons. The first-order valence-corrected chi connectivity index (χ1v) is 10.4. The zero-order chi connectivity index (χ0) is 21.4. The van der Waals surface area contributed by atoms with Gasteiger partial charge in [0.1, 0.15) is 30.2 Å². The molecule has 0 bridgehead atoms. The molecule has 0 spiro atoms. The normalized spacial score (nSPS) is 30.3. The molecule has 2 fully saturated rings. The number of fused-ring (bicyclic) bond motifs is 1. The highest BCUT2D eigenvalue weighted by atomic mass is 16.6. The van der Waals surface area contributed by atoms with Crippen molar-refractivity contribution in [3.05, 3.63) is 12.7 Å². The summed E-state index contributed by atoms with van der Waals surface area (Å²) in [4.78, 5) is 19.2. The van der Waals surface area contributed by atoms with E-state index in [1.54, 1.807) is 4.57 Å². The van der Waals surface area contributed by atoms with Crippen LogP contribution < -0.4 is 5.73 Å². The number of nitrogen functional groups attached to an aromatic ring is 1. The van der Waals surface area contributed by atoms with Crippen LogP contribution in [0.25, 0.3) is 11.2 Å². The minimum Gasteiger partial charge on any atom is -0.387 e. The number of likely N-dealkylation sites (tertiary alicyclic amines) is 1. The Kier molecular flexibility index (Phi) is 6.19. The summed E-state index contributed by atoms with van der Waals surface area (Å²) in [6, 6.07) is 0.590. The van der Waals surface area contributed by atoms with E-state index in [0.717, 1.165) is 26.2 Å². The quantitative estimate of drug-likeness (QED) is 0.491. The molecule has 0 saturated carbocycles. The molecule has 30 heavy (non-hydrogen) atoms. The number of hydrogen-bond donors (Lipinski definition) is 3. The molecule has 0 amide bonds. The highest BCUT2D eigenvalue weighted by molar-refractivity contribution is 5.81. The molecule has 4 rings (SSSR count). The fourth-order valence-electron chi connectivity index (χ4n) is 4.35. The number of nitrogens with two attached hydrogens (primary N) is 1. The van der Waals surface area contributed by atoms with E-state index in [1.165, 1.54) is 19.1 Å². The Balaban J connectivity index is 1.35. The number of likely N-dealkylation sites (N-methyl/N-ethyl adjacent to an activating group) is 3. The lowest BCUT2D eigenvalue weighted by Crippen LogP contribution is -2.43. The standard InChI is InChI=1S/C19H32N8O3/c1-24-5-4-12(8-24)26(3)7-6-25(2)9-13-15(28)16(29)19(30-13)27-11-23-14-17(20)21-10-22-18(14)27/h10-13,15-16,19,28-29H,4-9H2,1-3H3,(H2,20,21,22)/t12?,13-,15-,16-,19-/m1/s1. The Morgan fingerprint density at radius 1 is 1.20 bits per heavy atom. The first kappa shape index (κ1) is 21.3. The number of aromatic nitrogens is 4. The lowest BCUT2D eigenvalue weighted by Gasteiger charge is -2.28. The third-order valence-electron chi connectivity index (χ3n) is 6.31. The van der Waals surface area contributed by atoms with Crippen LogP contribution >= 0.6 is 0 Å². The summed E-state index contributed by atoms with van der Waals surface area (Å²) in [5.74, 6) is 0.264. The van der Waals surface area contributed by atoms with E-state index in [2.05, 4.69) is 43.7 Å². The van der Waals surface area contributed by atoms with Crippen molar-refractivity contribution in [3.63, 3.8) is 0 Å². The predicted octanol–water partition coefficient (Wildman–Crippen LogP) is -1.40. The Labute approximate surface area is 176 Å². The van der Waals surface area contributed by atoms with Crippen molar-refractivity contribution in [2.45, 2.75) is 37.0 Å². The smallest absolute Gasteiger partial charge is 0.167 e. The van der Waals surface area contributed by atoms with Crippen LogP contribution in [-0.4, -0.2) is 123 Å². The van der Waals surface area contributed by atoms with Crippen LogP contribution in [0.4, 0.5) is 5.82 Å². The summed E-state index contributed by atoms with van der Waals surface area (Å²) in [7, 11) is 6.32. The highest BCUT2D eigenvalue weighted by Crippen LogP contribution is 2.32. The van der Waals surface area contributed by atoms with Crippen LogP contribution in [0.15, 0.2) is 12.7 Å². The van der Waals surface area contributed by atoms with Crippen molar-refractivity contribution in [1.29, 1.82) is 0 Å². The lowest BCUT2D eigenvalue weighted by molar-refractivity contribution is -0.0425. The van der Waals surface area contributed by atoms with E-state index in [9.17, 15) is 10.2 Å². The second kappa shape index (κ2) is 8.69. The van der Waals surface area contributed by atoms with Gasteiger partial charge in [-0.05, 0) is 34.1 Å². The summed E-state index contributed by atoms with van der Waals surface area (Å²) < 4.78 is 7.63. The Morgan fingerprint density at radius 2 is 2.00 bits per heavy atom. The van der Waals surface area contributed by atoms with E-state index in [1.807, 2.05) is 7.05 Å². The second-order valence-corrected chi connectivity index (χ2v) is 8.58. The van der Waals surface area contributed by atoms with Gasteiger partial charge in [0.05, 0.1) is 6.33 Å². The molecule has 2 aliphatic rings. The summed E-state index contributed by atoms with van der Waals surface area (Å²) in [5, 5.41) is 21.2. The maximum atomic E-state index is 10.6. The van der Waals surface area contributed by atoms with Gasteiger partial charge >= 0.3 is 0 Å². The lowest BCUT2D eigenvalue weighted by atomic mass is 10.1. The minimum absolute atomic E-state index is 0.264. The van der Waals surface area contributed by atoms with E-state index in [-0.39, 0.29) is 5.82 Å². The number of aliphatic hydroxyl groups excluding tert-OH is 2. The van der Waals surface area contributed by atoms with Gasteiger partial charge in [-0.1, -0.05) is 0 Å². The number of hydrogen-bond acceptors (Lipinski definition) is 10. The predicted molar refractivity (Wildman–Crippen MR) is 112 cm³/mol. The molecule has 11 nitrogen and oxygen atoms in total. The van der Waals surface area contributed by atoms with Gasteiger partial charge in [-0.3, -0.25) is 4.57 Å². The van der Waals surface area contributed by atoms with Crippen molar-refractivity contribution in [1.82, 2.24) is 34.2 Å². The van der Waals surface area contributed by atoms with Gasteiger partial charge in [0.15, 0.2) is 17.7 Å². The minimum atomic E-state index is -1.09. The molecule has 2 aromatic heterocycles. The fourth-order valence-corrected chi connectivity index (χ4v) is 4.35. The van der Waals surface area contributed by atoms with Crippen LogP contribution in [0.2, 0.25) is 0 Å². The van der Waals surface area contributed by atoms with E-state index in [4.69, 9.17) is 10.5 Å². The highest BCUT2D eigenvalue weighted by Gasteiger charge is 2.44. The average Bonchev–Trinajstić information content (AvgIpc) is 3.41. The third-order valence-corrected chi connectivity index (χ3v) is 6.31. The van der Waals surface area contributed by atoms with Crippen molar-refractivity contribution < 1.29 is 14.9 Å². The Morgan fingerprint density at radius 3 is 2.73 bits per heavy atom.